The smallest absolute Gasteiger partial charge is 0.243 e. The minimum atomic E-state index is -0.500. The molecule has 0 saturated carbocycles. The van der Waals surface area contributed by atoms with Crippen molar-refractivity contribution >= 4 is 23.4 Å². The monoisotopic (exact) mass is 442 g/mol. The van der Waals surface area contributed by atoms with Gasteiger partial charge in [0, 0.05) is 24.0 Å². The zero-order valence-corrected chi connectivity index (χ0v) is 19.9. The minimum absolute atomic E-state index is 0.0133. The maximum absolute atomic E-state index is 13.3. The molecule has 0 radical (unpaired) electrons. The van der Waals surface area contributed by atoms with Crippen LogP contribution in [0.1, 0.15) is 63.6 Å². The van der Waals surface area contributed by atoms with E-state index in [0.29, 0.717) is 30.8 Å². The molecular formula is C26H35ClN2O2. The molecule has 31 heavy (non-hydrogen) atoms. The summed E-state index contributed by atoms with van der Waals surface area (Å²) in [5.41, 5.74) is 3.38. The Balaban J connectivity index is 2.18. The highest BCUT2D eigenvalue weighted by Crippen LogP contribution is 2.17. The Bertz CT molecular complexity index is 833. The van der Waals surface area contributed by atoms with Crippen LogP contribution in [-0.4, -0.2) is 28.8 Å². The van der Waals surface area contributed by atoms with Gasteiger partial charge in [-0.05, 0) is 61.4 Å². The molecule has 168 valence electrons. The molecular weight excluding hydrogens is 408 g/mol. The first-order valence-corrected chi connectivity index (χ1v) is 11.7. The van der Waals surface area contributed by atoms with Crippen LogP contribution in [0.15, 0.2) is 48.5 Å². The molecule has 0 aliphatic rings. The number of nitrogens with zero attached hydrogens (tertiary/aromatic N) is 1. The topological polar surface area (TPSA) is 49.4 Å². The van der Waals surface area contributed by atoms with E-state index in [1.54, 1.807) is 4.90 Å². The van der Waals surface area contributed by atoms with E-state index < -0.39 is 6.04 Å². The van der Waals surface area contributed by atoms with E-state index in [1.165, 1.54) is 5.56 Å². The summed E-state index contributed by atoms with van der Waals surface area (Å²) < 4.78 is 0. The van der Waals surface area contributed by atoms with Crippen molar-refractivity contribution in [3.05, 3.63) is 70.2 Å². The largest absolute Gasteiger partial charge is 0.352 e. The van der Waals surface area contributed by atoms with Gasteiger partial charge in [-0.1, -0.05) is 68.8 Å². The third-order valence-electron chi connectivity index (χ3n) is 5.71. The van der Waals surface area contributed by atoms with Crippen LogP contribution in [0.25, 0.3) is 0 Å². The van der Waals surface area contributed by atoms with E-state index in [-0.39, 0.29) is 17.9 Å². The fraction of sp³-hybridized carbons (Fsp3) is 0.462. The summed E-state index contributed by atoms with van der Waals surface area (Å²) in [4.78, 5) is 28.0. The van der Waals surface area contributed by atoms with E-state index in [2.05, 4.69) is 36.5 Å². The number of hydrogen-bond donors (Lipinski definition) is 1. The number of nitrogens with one attached hydrogen (secondary N) is 1. The number of carbonyl (C=O) groups is 2. The van der Waals surface area contributed by atoms with Crippen molar-refractivity contribution in [2.45, 2.75) is 78.4 Å². The maximum atomic E-state index is 13.3. The van der Waals surface area contributed by atoms with Crippen molar-refractivity contribution < 1.29 is 9.59 Å². The van der Waals surface area contributed by atoms with Gasteiger partial charge in [0.2, 0.25) is 11.8 Å². The first kappa shape index (κ1) is 24.9. The van der Waals surface area contributed by atoms with Gasteiger partial charge in [0.25, 0.3) is 0 Å². The lowest BCUT2D eigenvalue weighted by atomic mass is 10.0. The average Bonchev–Trinajstić information content (AvgIpc) is 2.78. The first-order valence-electron chi connectivity index (χ1n) is 11.3. The highest BCUT2D eigenvalue weighted by molar-refractivity contribution is 6.30. The van der Waals surface area contributed by atoms with Crippen LogP contribution in [0.5, 0.6) is 0 Å². The van der Waals surface area contributed by atoms with Crippen molar-refractivity contribution in [2.75, 3.05) is 0 Å². The summed E-state index contributed by atoms with van der Waals surface area (Å²) in [7, 11) is 0. The number of rotatable bonds is 11. The van der Waals surface area contributed by atoms with Gasteiger partial charge in [0.15, 0.2) is 0 Å². The number of carbonyl (C=O) groups excluding carboxylic acids is 2. The Morgan fingerprint density at radius 2 is 1.48 bits per heavy atom. The van der Waals surface area contributed by atoms with Crippen LogP contribution in [0.3, 0.4) is 0 Å². The molecule has 2 atom stereocenters. The Morgan fingerprint density at radius 1 is 0.903 bits per heavy atom. The van der Waals surface area contributed by atoms with Gasteiger partial charge in [0.1, 0.15) is 6.04 Å². The highest BCUT2D eigenvalue weighted by atomic mass is 35.5. The van der Waals surface area contributed by atoms with Gasteiger partial charge in [0.05, 0.1) is 0 Å². The normalized spacial score (nSPS) is 12.8. The molecule has 0 heterocycles. The van der Waals surface area contributed by atoms with E-state index in [1.807, 2.05) is 45.0 Å². The predicted octanol–water partition coefficient (Wildman–Crippen LogP) is 5.56. The molecule has 0 aromatic heterocycles. The maximum Gasteiger partial charge on any atom is 0.243 e. The Labute approximate surface area is 192 Å². The summed E-state index contributed by atoms with van der Waals surface area (Å²) in [5, 5.41) is 3.69. The van der Waals surface area contributed by atoms with Gasteiger partial charge >= 0.3 is 0 Å². The summed E-state index contributed by atoms with van der Waals surface area (Å²) in [6, 6.07) is 15.4. The zero-order chi connectivity index (χ0) is 22.8. The molecule has 2 amide bonds. The molecule has 1 N–H and O–H groups in total. The number of halogens is 1. The number of benzene rings is 2. The van der Waals surface area contributed by atoms with Crippen LogP contribution in [0.4, 0.5) is 0 Å². The lowest BCUT2D eigenvalue weighted by Gasteiger charge is -2.31. The highest BCUT2D eigenvalue weighted by Gasteiger charge is 2.29. The van der Waals surface area contributed by atoms with Gasteiger partial charge in [-0.2, -0.15) is 0 Å². The average molecular weight is 443 g/mol. The summed E-state index contributed by atoms with van der Waals surface area (Å²) in [6.07, 6.45) is 3.43. The van der Waals surface area contributed by atoms with E-state index >= 15 is 0 Å². The number of amides is 2. The van der Waals surface area contributed by atoms with Gasteiger partial charge in [-0.25, -0.2) is 0 Å². The molecule has 0 aliphatic heterocycles. The molecule has 0 unspecified atom stereocenters. The molecule has 0 fully saturated rings. The Hall–Kier alpha value is -2.33. The fourth-order valence-corrected chi connectivity index (χ4v) is 3.61. The zero-order valence-electron chi connectivity index (χ0n) is 19.2. The summed E-state index contributed by atoms with van der Waals surface area (Å²) >= 11 is 6.02. The van der Waals surface area contributed by atoms with Crippen LogP contribution in [0, 0.1) is 0 Å². The second-order valence-electron chi connectivity index (χ2n) is 8.06. The third-order valence-corrected chi connectivity index (χ3v) is 5.96. The number of aryl methyl sites for hydroxylation is 2. The first-order chi connectivity index (χ1) is 14.9. The quantitative estimate of drug-likeness (QED) is 0.495. The molecule has 0 bridgehead atoms. The van der Waals surface area contributed by atoms with Crippen molar-refractivity contribution in [1.29, 1.82) is 0 Å². The summed E-state index contributed by atoms with van der Waals surface area (Å²) in [5.74, 6) is -0.105. The standard InChI is InChI=1S/C26H35ClN2O2/c1-5-19(4)28-26(31)24(7-3)29(18-22-12-15-23(27)16-13-22)25(30)17-14-21-10-8-20(6-2)9-11-21/h8-13,15-16,19,24H,5-7,14,17-18H2,1-4H3,(H,28,31)/t19-,24-/m1/s1. The van der Waals surface area contributed by atoms with E-state index in [9.17, 15) is 9.59 Å². The minimum Gasteiger partial charge on any atom is -0.352 e. The van der Waals surface area contributed by atoms with E-state index in [0.717, 1.165) is 24.0 Å². The van der Waals surface area contributed by atoms with Crippen molar-refractivity contribution in [3.8, 4) is 0 Å². The lowest BCUT2D eigenvalue weighted by molar-refractivity contribution is -0.141. The Kier molecular flexibility index (Phi) is 10.1. The molecule has 0 aliphatic carbocycles. The molecule has 5 heteroatoms. The SMILES string of the molecule is CCc1ccc(CCC(=O)N(Cc2ccc(Cl)cc2)[C@H](CC)C(=O)N[C@H](C)CC)cc1. The van der Waals surface area contributed by atoms with E-state index in [4.69, 9.17) is 11.6 Å². The van der Waals surface area contributed by atoms with Gasteiger partial charge in [-0.3, -0.25) is 9.59 Å². The summed E-state index contributed by atoms with van der Waals surface area (Å²) in [6.45, 7) is 8.48. The molecule has 2 aromatic rings. The second kappa shape index (κ2) is 12.5. The molecule has 4 nitrogen and oxygen atoms in total. The van der Waals surface area contributed by atoms with Crippen molar-refractivity contribution in [2.24, 2.45) is 0 Å². The van der Waals surface area contributed by atoms with Crippen molar-refractivity contribution in [3.63, 3.8) is 0 Å². The molecule has 2 aromatic carbocycles. The van der Waals surface area contributed by atoms with Crippen LogP contribution in [-0.2, 0) is 29.0 Å². The van der Waals surface area contributed by atoms with Gasteiger partial charge < -0.3 is 10.2 Å². The van der Waals surface area contributed by atoms with Gasteiger partial charge in [-0.15, -0.1) is 0 Å². The second-order valence-corrected chi connectivity index (χ2v) is 8.50. The molecule has 0 saturated heterocycles. The molecule has 0 spiro atoms. The number of hydrogen-bond acceptors (Lipinski definition) is 2. The van der Waals surface area contributed by atoms with Crippen LogP contribution < -0.4 is 5.32 Å². The Morgan fingerprint density at radius 3 is 2.03 bits per heavy atom. The lowest BCUT2D eigenvalue weighted by Crippen LogP contribution is -2.50. The fourth-order valence-electron chi connectivity index (χ4n) is 3.48. The van der Waals surface area contributed by atoms with Crippen LogP contribution >= 0.6 is 11.6 Å². The van der Waals surface area contributed by atoms with Crippen LogP contribution in [0.2, 0.25) is 5.02 Å². The van der Waals surface area contributed by atoms with Crippen molar-refractivity contribution in [1.82, 2.24) is 10.2 Å². The predicted molar refractivity (Wildman–Crippen MR) is 128 cm³/mol. The molecule has 2 rings (SSSR count). The third kappa shape index (κ3) is 7.70.